The molecule has 1 saturated carbocycles. The Kier molecular flexibility index (Phi) is 2.05. The molecular formula is C12H11FN2O2. The Morgan fingerprint density at radius 3 is 2.94 bits per heavy atom. The Morgan fingerprint density at radius 2 is 2.35 bits per heavy atom. The highest BCUT2D eigenvalue weighted by Gasteiger charge is 2.52. The van der Waals surface area contributed by atoms with Crippen molar-refractivity contribution in [1.82, 2.24) is 4.98 Å². The van der Waals surface area contributed by atoms with Crippen LogP contribution in [0.2, 0.25) is 0 Å². The number of halogens is 1. The number of aldehydes is 1. The van der Waals surface area contributed by atoms with E-state index in [1.165, 1.54) is 6.20 Å². The zero-order valence-corrected chi connectivity index (χ0v) is 9.31. The van der Waals surface area contributed by atoms with Crippen LogP contribution in [0.1, 0.15) is 22.5 Å². The van der Waals surface area contributed by atoms with E-state index >= 15 is 0 Å². The monoisotopic (exact) mass is 234 g/mol. The van der Waals surface area contributed by atoms with Crippen LogP contribution in [0.3, 0.4) is 0 Å². The highest BCUT2D eigenvalue weighted by Crippen LogP contribution is 2.47. The first-order valence-electron chi connectivity index (χ1n) is 5.55. The lowest BCUT2D eigenvalue weighted by atomic mass is 10.2. The molecule has 0 bridgehead atoms. The predicted octanol–water partition coefficient (Wildman–Crippen LogP) is 1.32. The summed E-state index contributed by atoms with van der Waals surface area (Å²) in [6.45, 7) is 2.21. The van der Waals surface area contributed by atoms with Crippen LogP contribution in [-0.4, -0.2) is 23.7 Å². The molecule has 5 heteroatoms. The number of carbonyl (C=O) groups is 2. The number of piperidine rings is 1. The molecule has 1 aromatic heterocycles. The molecule has 0 spiro atoms. The van der Waals surface area contributed by atoms with E-state index in [-0.39, 0.29) is 17.5 Å². The smallest absolute Gasteiger partial charge is 0.230 e. The van der Waals surface area contributed by atoms with Gasteiger partial charge in [-0.25, -0.2) is 9.37 Å². The number of hydrogen-bond donors (Lipinski definition) is 0. The Hall–Kier alpha value is -1.78. The molecule has 1 aromatic rings. The van der Waals surface area contributed by atoms with Gasteiger partial charge in [0.25, 0.3) is 0 Å². The maximum absolute atomic E-state index is 13.7. The maximum Gasteiger partial charge on any atom is 0.230 e. The summed E-state index contributed by atoms with van der Waals surface area (Å²) < 4.78 is 13.7. The normalized spacial score (nSPS) is 26.0. The van der Waals surface area contributed by atoms with Crippen molar-refractivity contribution >= 4 is 17.9 Å². The average molecular weight is 234 g/mol. The standard InChI is InChI=1S/C12H11FN2O2/c1-6-10(3-14-9(5-16)11(6)13)15-4-7-2-8(7)12(15)17/h3,5,7-8H,2,4H2,1H3/t7-,8-/m1/s1. The lowest BCUT2D eigenvalue weighted by Crippen LogP contribution is -2.29. The summed E-state index contributed by atoms with van der Waals surface area (Å²) in [5.74, 6) is -0.0251. The quantitative estimate of drug-likeness (QED) is 0.725. The fourth-order valence-corrected chi connectivity index (χ4v) is 2.44. The second-order valence-electron chi connectivity index (χ2n) is 4.64. The van der Waals surface area contributed by atoms with Gasteiger partial charge in [0.2, 0.25) is 5.91 Å². The second-order valence-corrected chi connectivity index (χ2v) is 4.64. The fraction of sp³-hybridized carbons (Fsp3) is 0.417. The predicted molar refractivity (Wildman–Crippen MR) is 58.3 cm³/mol. The minimum absolute atomic E-state index is 0.0538. The molecule has 3 rings (SSSR count). The summed E-state index contributed by atoms with van der Waals surface area (Å²) in [6, 6.07) is 0. The van der Waals surface area contributed by atoms with Crippen molar-refractivity contribution in [2.24, 2.45) is 11.8 Å². The largest absolute Gasteiger partial charge is 0.310 e. The minimum Gasteiger partial charge on any atom is -0.310 e. The molecule has 1 saturated heterocycles. The van der Waals surface area contributed by atoms with Crippen molar-refractivity contribution < 1.29 is 14.0 Å². The van der Waals surface area contributed by atoms with Crippen molar-refractivity contribution in [1.29, 1.82) is 0 Å². The van der Waals surface area contributed by atoms with Gasteiger partial charge in [-0.3, -0.25) is 9.59 Å². The van der Waals surface area contributed by atoms with Gasteiger partial charge < -0.3 is 4.90 Å². The lowest BCUT2D eigenvalue weighted by molar-refractivity contribution is -0.118. The third kappa shape index (κ3) is 1.38. The van der Waals surface area contributed by atoms with Crippen LogP contribution >= 0.6 is 0 Å². The Morgan fingerprint density at radius 1 is 1.59 bits per heavy atom. The van der Waals surface area contributed by atoms with Crippen LogP contribution in [0.4, 0.5) is 10.1 Å². The third-order valence-electron chi connectivity index (χ3n) is 3.59. The number of anilines is 1. The van der Waals surface area contributed by atoms with Gasteiger partial charge in [0.05, 0.1) is 11.9 Å². The van der Waals surface area contributed by atoms with Crippen molar-refractivity contribution in [2.75, 3.05) is 11.4 Å². The first-order valence-corrected chi connectivity index (χ1v) is 5.55. The van der Waals surface area contributed by atoms with Gasteiger partial charge in [0.15, 0.2) is 12.1 Å². The molecule has 2 heterocycles. The maximum atomic E-state index is 13.7. The third-order valence-corrected chi connectivity index (χ3v) is 3.59. The van der Waals surface area contributed by atoms with Gasteiger partial charge in [-0.2, -0.15) is 0 Å². The Bertz CT molecular complexity index is 529. The zero-order valence-electron chi connectivity index (χ0n) is 9.31. The van der Waals surface area contributed by atoms with Gasteiger partial charge in [-0.05, 0) is 19.3 Å². The fourth-order valence-electron chi connectivity index (χ4n) is 2.44. The van der Waals surface area contributed by atoms with Gasteiger partial charge >= 0.3 is 0 Å². The van der Waals surface area contributed by atoms with Gasteiger partial charge in [-0.15, -0.1) is 0 Å². The first-order chi connectivity index (χ1) is 8.13. The number of nitrogens with zero attached hydrogens (tertiary/aromatic N) is 2. The molecule has 1 aliphatic carbocycles. The summed E-state index contributed by atoms with van der Waals surface area (Å²) >= 11 is 0. The number of aromatic nitrogens is 1. The summed E-state index contributed by atoms with van der Waals surface area (Å²) in [5, 5.41) is 0. The molecule has 2 aliphatic rings. The molecule has 0 aromatic carbocycles. The molecule has 2 atom stereocenters. The van der Waals surface area contributed by atoms with E-state index < -0.39 is 5.82 Å². The number of hydrogen-bond acceptors (Lipinski definition) is 3. The Labute approximate surface area is 97.4 Å². The highest BCUT2D eigenvalue weighted by atomic mass is 19.1. The summed E-state index contributed by atoms with van der Waals surface area (Å²) in [7, 11) is 0. The Balaban J connectivity index is 2.01. The number of fused-ring (bicyclic) bond motifs is 1. The van der Waals surface area contributed by atoms with Crippen LogP contribution in [0.25, 0.3) is 0 Å². The molecule has 1 amide bonds. The molecule has 17 heavy (non-hydrogen) atoms. The summed E-state index contributed by atoms with van der Waals surface area (Å²) in [5.41, 5.74) is 0.602. The molecule has 1 aliphatic heterocycles. The lowest BCUT2D eigenvalue weighted by Gasteiger charge is -2.20. The molecule has 0 N–H and O–H groups in total. The summed E-state index contributed by atoms with van der Waals surface area (Å²) in [4.78, 5) is 27.7. The minimum atomic E-state index is -0.633. The number of carbonyl (C=O) groups excluding carboxylic acids is 2. The number of pyridine rings is 1. The first kappa shape index (κ1) is 10.4. The van der Waals surface area contributed by atoms with E-state index in [0.29, 0.717) is 30.0 Å². The molecule has 4 nitrogen and oxygen atoms in total. The van der Waals surface area contributed by atoms with Crippen LogP contribution in [0, 0.1) is 24.6 Å². The topological polar surface area (TPSA) is 50.3 Å². The SMILES string of the molecule is Cc1c(N2C[C@H]3C[C@H]3C2=O)cnc(C=O)c1F. The van der Waals surface area contributed by atoms with Crippen molar-refractivity contribution in [3.05, 3.63) is 23.3 Å². The van der Waals surface area contributed by atoms with E-state index in [2.05, 4.69) is 4.98 Å². The van der Waals surface area contributed by atoms with Gasteiger partial charge in [0.1, 0.15) is 5.69 Å². The number of rotatable bonds is 2. The average Bonchev–Trinajstić information content (AvgIpc) is 3.02. The molecular weight excluding hydrogens is 223 g/mol. The molecule has 2 fully saturated rings. The van der Waals surface area contributed by atoms with E-state index in [4.69, 9.17) is 0 Å². The zero-order chi connectivity index (χ0) is 12.2. The molecule has 88 valence electrons. The summed E-state index contributed by atoms with van der Waals surface area (Å²) in [6.07, 6.45) is 2.75. The van der Waals surface area contributed by atoms with Gasteiger partial charge in [0, 0.05) is 18.0 Å². The van der Waals surface area contributed by atoms with E-state index in [0.717, 1.165) is 6.42 Å². The van der Waals surface area contributed by atoms with E-state index in [1.807, 2.05) is 0 Å². The van der Waals surface area contributed by atoms with Crippen molar-refractivity contribution in [3.63, 3.8) is 0 Å². The van der Waals surface area contributed by atoms with Crippen LogP contribution in [0.15, 0.2) is 6.20 Å². The van der Waals surface area contributed by atoms with Crippen LogP contribution < -0.4 is 4.90 Å². The van der Waals surface area contributed by atoms with Crippen molar-refractivity contribution in [3.8, 4) is 0 Å². The highest BCUT2D eigenvalue weighted by molar-refractivity contribution is 6.00. The van der Waals surface area contributed by atoms with E-state index in [1.54, 1.807) is 11.8 Å². The van der Waals surface area contributed by atoms with E-state index in [9.17, 15) is 14.0 Å². The molecule has 0 unspecified atom stereocenters. The molecule has 0 radical (unpaired) electrons. The van der Waals surface area contributed by atoms with Crippen molar-refractivity contribution in [2.45, 2.75) is 13.3 Å². The van der Waals surface area contributed by atoms with Crippen LogP contribution in [0.5, 0.6) is 0 Å². The second kappa shape index (κ2) is 3.35. The number of amides is 1. The van der Waals surface area contributed by atoms with Gasteiger partial charge in [-0.1, -0.05) is 0 Å². The van der Waals surface area contributed by atoms with Crippen LogP contribution in [-0.2, 0) is 4.79 Å².